The van der Waals surface area contributed by atoms with E-state index in [0.29, 0.717) is 24.4 Å². The molecule has 2 heterocycles. The van der Waals surface area contributed by atoms with E-state index in [0.717, 1.165) is 16.8 Å². The van der Waals surface area contributed by atoms with Crippen molar-refractivity contribution in [3.63, 3.8) is 0 Å². The minimum atomic E-state index is -0.588. The normalized spacial score (nSPS) is 15.2. The van der Waals surface area contributed by atoms with Crippen molar-refractivity contribution in [2.45, 2.75) is 32.2 Å². The van der Waals surface area contributed by atoms with Crippen LogP contribution in [0.4, 0.5) is 0 Å². The molecule has 3 rings (SSSR count). The quantitative estimate of drug-likeness (QED) is 0.858. The van der Waals surface area contributed by atoms with Crippen molar-refractivity contribution in [2.24, 2.45) is 0 Å². The SMILES string of the molecule is Cc1ccc(-c2nc3c(c(=O)[nH]2)CN(C(=O)C(C)Cl)CC3)cc1. The second-order valence-electron chi connectivity index (χ2n) is 5.83. The Bertz CT molecular complexity index is 796. The third kappa shape index (κ3) is 3.15. The van der Waals surface area contributed by atoms with E-state index in [4.69, 9.17) is 11.6 Å². The molecule has 1 unspecified atom stereocenters. The molecule has 0 saturated heterocycles. The highest BCUT2D eigenvalue weighted by Crippen LogP contribution is 2.20. The lowest BCUT2D eigenvalue weighted by Gasteiger charge is -2.28. The van der Waals surface area contributed by atoms with Gasteiger partial charge in [-0.15, -0.1) is 11.6 Å². The zero-order valence-electron chi connectivity index (χ0n) is 13.1. The number of carbonyl (C=O) groups is 1. The number of benzene rings is 1. The van der Waals surface area contributed by atoms with E-state index in [-0.39, 0.29) is 18.0 Å². The van der Waals surface area contributed by atoms with Gasteiger partial charge in [-0.1, -0.05) is 29.8 Å². The summed E-state index contributed by atoms with van der Waals surface area (Å²) >= 11 is 5.85. The van der Waals surface area contributed by atoms with Gasteiger partial charge in [0.25, 0.3) is 5.56 Å². The molecular weight excluding hydrogens is 314 g/mol. The Kier molecular flexibility index (Phi) is 4.22. The molecule has 1 aliphatic heterocycles. The predicted octanol–water partition coefficient (Wildman–Crippen LogP) is 2.26. The van der Waals surface area contributed by atoms with E-state index in [1.54, 1.807) is 11.8 Å². The standard InChI is InChI=1S/C17H18ClN3O2/c1-10-3-5-12(6-4-10)15-19-14-7-8-21(17(23)11(2)18)9-13(14)16(22)20-15/h3-6,11H,7-9H2,1-2H3,(H,19,20,22). The van der Waals surface area contributed by atoms with Gasteiger partial charge in [0.2, 0.25) is 5.91 Å². The molecule has 0 radical (unpaired) electrons. The highest BCUT2D eigenvalue weighted by Gasteiger charge is 2.26. The molecule has 0 aliphatic carbocycles. The number of aromatic nitrogens is 2. The summed E-state index contributed by atoms with van der Waals surface area (Å²) < 4.78 is 0. The van der Waals surface area contributed by atoms with E-state index in [1.807, 2.05) is 31.2 Å². The highest BCUT2D eigenvalue weighted by atomic mass is 35.5. The number of rotatable bonds is 2. The monoisotopic (exact) mass is 331 g/mol. The molecule has 1 N–H and O–H groups in total. The topological polar surface area (TPSA) is 66.1 Å². The highest BCUT2D eigenvalue weighted by molar-refractivity contribution is 6.30. The average molecular weight is 332 g/mol. The smallest absolute Gasteiger partial charge is 0.256 e. The lowest BCUT2D eigenvalue weighted by atomic mass is 10.1. The number of aromatic amines is 1. The molecule has 5 nitrogen and oxygen atoms in total. The Morgan fingerprint density at radius 1 is 1.35 bits per heavy atom. The van der Waals surface area contributed by atoms with E-state index in [9.17, 15) is 9.59 Å². The van der Waals surface area contributed by atoms with Crippen LogP contribution < -0.4 is 5.56 Å². The second kappa shape index (κ2) is 6.16. The first kappa shape index (κ1) is 15.7. The number of nitrogens with zero attached hydrogens (tertiary/aromatic N) is 2. The molecule has 1 aromatic carbocycles. The number of halogens is 1. The Hall–Kier alpha value is -2.14. The lowest BCUT2D eigenvalue weighted by molar-refractivity contribution is -0.131. The molecule has 0 saturated carbocycles. The summed E-state index contributed by atoms with van der Waals surface area (Å²) in [7, 11) is 0. The van der Waals surface area contributed by atoms with Crippen molar-refractivity contribution < 1.29 is 4.79 Å². The molecule has 1 aromatic heterocycles. The molecule has 1 aliphatic rings. The van der Waals surface area contributed by atoms with Crippen molar-refractivity contribution in [1.82, 2.24) is 14.9 Å². The largest absolute Gasteiger partial charge is 0.336 e. The number of nitrogens with one attached hydrogen (secondary N) is 1. The fourth-order valence-electron chi connectivity index (χ4n) is 2.71. The first-order valence-corrected chi connectivity index (χ1v) is 8.01. The maximum absolute atomic E-state index is 12.4. The van der Waals surface area contributed by atoms with Gasteiger partial charge < -0.3 is 9.88 Å². The summed E-state index contributed by atoms with van der Waals surface area (Å²) in [4.78, 5) is 33.4. The van der Waals surface area contributed by atoms with Crippen molar-refractivity contribution in [3.05, 3.63) is 51.4 Å². The van der Waals surface area contributed by atoms with Crippen LogP contribution in [0.2, 0.25) is 0 Å². The molecule has 120 valence electrons. The fraction of sp³-hybridized carbons (Fsp3) is 0.353. The van der Waals surface area contributed by atoms with Gasteiger partial charge in [0, 0.05) is 18.5 Å². The zero-order valence-corrected chi connectivity index (χ0v) is 13.9. The molecule has 2 aromatic rings. The van der Waals surface area contributed by atoms with Crippen LogP contribution in [0.15, 0.2) is 29.1 Å². The van der Waals surface area contributed by atoms with Crippen LogP contribution in [0.3, 0.4) is 0 Å². The van der Waals surface area contributed by atoms with Gasteiger partial charge in [-0.05, 0) is 13.8 Å². The molecule has 23 heavy (non-hydrogen) atoms. The number of aryl methyl sites for hydroxylation is 1. The Labute approximate surface area is 139 Å². The number of H-pyrrole nitrogens is 1. The maximum Gasteiger partial charge on any atom is 0.256 e. The molecule has 0 bridgehead atoms. The maximum atomic E-state index is 12.4. The Morgan fingerprint density at radius 3 is 2.70 bits per heavy atom. The Morgan fingerprint density at radius 2 is 2.04 bits per heavy atom. The number of hydrogen-bond acceptors (Lipinski definition) is 3. The number of amides is 1. The number of carbonyl (C=O) groups excluding carboxylic acids is 1. The van der Waals surface area contributed by atoms with Gasteiger partial charge in [0.05, 0.1) is 17.8 Å². The van der Waals surface area contributed by atoms with Gasteiger partial charge in [-0.25, -0.2) is 4.98 Å². The third-order valence-corrected chi connectivity index (χ3v) is 4.23. The van der Waals surface area contributed by atoms with Crippen LogP contribution in [-0.4, -0.2) is 32.7 Å². The molecule has 0 spiro atoms. The number of fused-ring (bicyclic) bond motifs is 1. The second-order valence-corrected chi connectivity index (χ2v) is 6.49. The molecule has 6 heteroatoms. The van der Waals surface area contributed by atoms with Crippen LogP contribution in [-0.2, 0) is 17.8 Å². The third-order valence-electron chi connectivity index (χ3n) is 4.05. The van der Waals surface area contributed by atoms with Gasteiger partial charge in [0.1, 0.15) is 11.2 Å². The van der Waals surface area contributed by atoms with Crippen LogP contribution in [0.25, 0.3) is 11.4 Å². The van der Waals surface area contributed by atoms with E-state index in [1.165, 1.54) is 0 Å². The number of alkyl halides is 1. The first-order valence-electron chi connectivity index (χ1n) is 7.57. The summed E-state index contributed by atoms with van der Waals surface area (Å²) in [6.07, 6.45) is 0.563. The lowest BCUT2D eigenvalue weighted by Crippen LogP contribution is -2.42. The van der Waals surface area contributed by atoms with Crippen LogP contribution in [0.1, 0.15) is 23.7 Å². The number of hydrogen-bond donors (Lipinski definition) is 1. The van der Waals surface area contributed by atoms with Crippen molar-refractivity contribution in [2.75, 3.05) is 6.54 Å². The van der Waals surface area contributed by atoms with E-state index in [2.05, 4.69) is 9.97 Å². The molecule has 1 atom stereocenters. The van der Waals surface area contributed by atoms with Gasteiger partial charge in [-0.2, -0.15) is 0 Å². The fourth-order valence-corrected chi connectivity index (χ4v) is 2.85. The van der Waals surface area contributed by atoms with Crippen LogP contribution >= 0.6 is 11.6 Å². The van der Waals surface area contributed by atoms with Gasteiger partial charge in [-0.3, -0.25) is 9.59 Å². The van der Waals surface area contributed by atoms with Gasteiger partial charge >= 0.3 is 0 Å². The molecule has 1 amide bonds. The predicted molar refractivity (Wildman–Crippen MR) is 89.5 cm³/mol. The zero-order chi connectivity index (χ0) is 16.6. The minimum Gasteiger partial charge on any atom is -0.336 e. The van der Waals surface area contributed by atoms with E-state index < -0.39 is 5.38 Å². The first-order chi connectivity index (χ1) is 11.0. The molecule has 0 fully saturated rings. The van der Waals surface area contributed by atoms with E-state index >= 15 is 0 Å². The summed E-state index contributed by atoms with van der Waals surface area (Å²) in [5, 5.41) is -0.588. The van der Waals surface area contributed by atoms with Crippen LogP contribution in [0, 0.1) is 6.92 Å². The summed E-state index contributed by atoms with van der Waals surface area (Å²) in [6.45, 7) is 4.45. The summed E-state index contributed by atoms with van der Waals surface area (Å²) in [5.41, 5.74) is 3.15. The van der Waals surface area contributed by atoms with Crippen molar-refractivity contribution in [1.29, 1.82) is 0 Å². The van der Waals surface area contributed by atoms with Crippen LogP contribution in [0.5, 0.6) is 0 Å². The minimum absolute atomic E-state index is 0.153. The van der Waals surface area contributed by atoms with Crippen molar-refractivity contribution >= 4 is 17.5 Å². The summed E-state index contributed by atoms with van der Waals surface area (Å²) in [5.74, 6) is 0.415. The average Bonchev–Trinajstić information content (AvgIpc) is 2.54. The summed E-state index contributed by atoms with van der Waals surface area (Å²) in [6, 6.07) is 7.84. The Balaban J connectivity index is 1.94. The molecular formula is C17H18ClN3O2. The van der Waals surface area contributed by atoms with Gasteiger partial charge in [0.15, 0.2) is 0 Å². The van der Waals surface area contributed by atoms with Crippen molar-refractivity contribution in [3.8, 4) is 11.4 Å².